The van der Waals surface area contributed by atoms with Crippen molar-refractivity contribution in [2.75, 3.05) is 0 Å². The number of ketones is 2. The van der Waals surface area contributed by atoms with Gasteiger partial charge in [0.25, 0.3) is 0 Å². The van der Waals surface area contributed by atoms with Crippen LogP contribution < -0.4 is 0 Å². The van der Waals surface area contributed by atoms with E-state index in [1.807, 2.05) is 0 Å². The average molecular weight is 204 g/mol. The molecule has 15 heavy (non-hydrogen) atoms. The van der Waals surface area contributed by atoms with E-state index in [9.17, 15) is 9.59 Å². The Labute approximate surface area is 87.5 Å². The van der Waals surface area contributed by atoms with Gasteiger partial charge in [-0.3, -0.25) is 9.59 Å². The lowest BCUT2D eigenvalue weighted by atomic mass is 9.96. The zero-order valence-electron chi connectivity index (χ0n) is 8.36. The van der Waals surface area contributed by atoms with E-state index in [0.29, 0.717) is 12.2 Å². The predicted octanol–water partition coefficient (Wildman–Crippen LogP) is 2.22. The fraction of sp³-hybridized carbons (Fsp3) is 0.500. The first kappa shape index (κ1) is 8.89. The maximum Gasteiger partial charge on any atom is 0.208 e. The number of furan rings is 1. The van der Waals surface area contributed by atoms with Crippen LogP contribution in [0.1, 0.15) is 36.2 Å². The number of hydrogen-bond acceptors (Lipinski definition) is 3. The van der Waals surface area contributed by atoms with Crippen LogP contribution in [0.15, 0.2) is 22.8 Å². The van der Waals surface area contributed by atoms with Crippen molar-refractivity contribution < 1.29 is 14.0 Å². The molecule has 78 valence electrons. The third kappa shape index (κ3) is 1.19. The van der Waals surface area contributed by atoms with Gasteiger partial charge in [-0.1, -0.05) is 0 Å². The second kappa shape index (κ2) is 2.81. The molecule has 3 heteroatoms. The van der Waals surface area contributed by atoms with Crippen molar-refractivity contribution in [1.82, 2.24) is 0 Å². The third-order valence-corrected chi connectivity index (χ3v) is 3.68. The van der Waals surface area contributed by atoms with Crippen molar-refractivity contribution in [3.8, 4) is 0 Å². The summed E-state index contributed by atoms with van der Waals surface area (Å²) >= 11 is 0. The fourth-order valence-corrected chi connectivity index (χ4v) is 2.53. The molecular weight excluding hydrogens is 192 g/mol. The molecule has 1 atom stereocenters. The minimum atomic E-state index is -0.432. The van der Waals surface area contributed by atoms with E-state index in [4.69, 9.17) is 4.42 Å². The van der Waals surface area contributed by atoms with Gasteiger partial charge in [0.05, 0.1) is 12.2 Å². The maximum absolute atomic E-state index is 12.0. The van der Waals surface area contributed by atoms with Crippen molar-refractivity contribution in [1.29, 1.82) is 0 Å². The maximum atomic E-state index is 12.0. The van der Waals surface area contributed by atoms with Gasteiger partial charge in [-0.05, 0) is 37.8 Å². The monoisotopic (exact) mass is 204 g/mol. The molecule has 3 nitrogen and oxygen atoms in total. The molecule has 0 aliphatic heterocycles. The SMILES string of the molecule is O=C(c1ccco1)C1CCC2(CC2)C1=O. The minimum absolute atomic E-state index is 0.104. The molecule has 2 fully saturated rings. The highest BCUT2D eigenvalue weighted by atomic mass is 16.3. The summed E-state index contributed by atoms with van der Waals surface area (Å²) in [6.07, 6.45) is 5.03. The van der Waals surface area contributed by atoms with E-state index in [2.05, 4.69) is 0 Å². The molecular formula is C12H12O3. The number of carbonyl (C=O) groups excluding carboxylic acids is 2. The molecule has 1 heterocycles. The zero-order chi connectivity index (χ0) is 10.5. The Morgan fingerprint density at radius 2 is 2.20 bits per heavy atom. The van der Waals surface area contributed by atoms with Crippen molar-refractivity contribution in [3.63, 3.8) is 0 Å². The summed E-state index contributed by atoms with van der Waals surface area (Å²) in [6, 6.07) is 3.31. The van der Waals surface area contributed by atoms with E-state index >= 15 is 0 Å². The smallest absolute Gasteiger partial charge is 0.208 e. The molecule has 0 aromatic carbocycles. The van der Waals surface area contributed by atoms with Crippen molar-refractivity contribution in [2.24, 2.45) is 11.3 Å². The van der Waals surface area contributed by atoms with Gasteiger partial charge in [0.15, 0.2) is 5.76 Å². The second-order valence-electron chi connectivity index (χ2n) is 4.58. The Kier molecular flexibility index (Phi) is 1.67. The van der Waals surface area contributed by atoms with E-state index in [1.54, 1.807) is 12.1 Å². The Morgan fingerprint density at radius 1 is 1.40 bits per heavy atom. The van der Waals surface area contributed by atoms with Crippen LogP contribution in [0, 0.1) is 11.3 Å². The van der Waals surface area contributed by atoms with Gasteiger partial charge in [0, 0.05) is 5.41 Å². The molecule has 3 rings (SSSR count). The third-order valence-electron chi connectivity index (χ3n) is 3.68. The van der Waals surface area contributed by atoms with Gasteiger partial charge in [0.2, 0.25) is 5.78 Å². The summed E-state index contributed by atoms with van der Waals surface area (Å²) in [5.41, 5.74) is -0.104. The number of Topliss-reactive ketones (excluding diaryl/α,β-unsaturated/α-hetero) is 2. The highest BCUT2D eigenvalue weighted by Gasteiger charge is 2.57. The molecule has 0 bridgehead atoms. The van der Waals surface area contributed by atoms with Crippen molar-refractivity contribution in [3.05, 3.63) is 24.2 Å². The number of carbonyl (C=O) groups is 2. The molecule has 1 unspecified atom stereocenters. The quantitative estimate of drug-likeness (QED) is 0.548. The molecule has 1 aromatic rings. The molecule has 0 N–H and O–H groups in total. The van der Waals surface area contributed by atoms with Gasteiger partial charge < -0.3 is 4.42 Å². The van der Waals surface area contributed by atoms with Crippen LogP contribution in [-0.4, -0.2) is 11.6 Å². The topological polar surface area (TPSA) is 47.3 Å². The van der Waals surface area contributed by atoms with Crippen molar-refractivity contribution in [2.45, 2.75) is 25.7 Å². The summed E-state index contributed by atoms with van der Waals surface area (Å²) in [5, 5.41) is 0. The van der Waals surface area contributed by atoms with Gasteiger partial charge in [-0.2, -0.15) is 0 Å². The van der Waals surface area contributed by atoms with Crippen molar-refractivity contribution >= 4 is 11.6 Å². The van der Waals surface area contributed by atoms with E-state index < -0.39 is 5.92 Å². The standard InChI is InChI=1S/C12H12O3/c13-10(9-2-1-7-15-9)8-3-4-12(5-6-12)11(8)14/h1-2,7-8H,3-6H2. The van der Waals surface area contributed by atoms with Gasteiger partial charge >= 0.3 is 0 Å². The van der Waals surface area contributed by atoms with E-state index in [0.717, 1.165) is 19.3 Å². The van der Waals surface area contributed by atoms with E-state index in [1.165, 1.54) is 6.26 Å². The predicted molar refractivity (Wildman–Crippen MR) is 52.4 cm³/mol. The molecule has 2 aliphatic rings. The highest BCUT2D eigenvalue weighted by molar-refractivity contribution is 6.12. The highest BCUT2D eigenvalue weighted by Crippen LogP contribution is 2.57. The largest absolute Gasteiger partial charge is 0.461 e. The van der Waals surface area contributed by atoms with Crippen LogP contribution in [0.3, 0.4) is 0 Å². The number of hydrogen-bond donors (Lipinski definition) is 0. The van der Waals surface area contributed by atoms with Gasteiger partial charge in [0.1, 0.15) is 5.78 Å². The molecule has 1 spiro atoms. The Hall–Kier alpha value is -1.38. The summed E-state index contributed by atoms with van der Waals surface area (Å²) in [4.78, 5) is 23.9. The Bertz CT molecular complexity index is 412. The van der Waals surface area contributed by atoms with Crippen LogP contribution in [0.2, 0.25) is 0 Å². The lowest BCUT2D eigenvalue weighted by Gasteiger charge is -2.05. The molecule has 2 aliphatic carbocycles. The minimum Gasteiger partial charge on any atom is -0.461 e. The van der Waals surface area contributed by atoms with Crippen LogP contribution in [-0.2, 0) is 4.79 Å². The lowest BCUT2D eigenvalue weighted by Crippen LogP contribution is -2.22. The van der Waals surface area contributed by atoms with Crippen LogP contribution >= 0.6 is 0 Å². The zero-order valence-corrected chi connectivity index (χ0v) is 8.36. The molecule has 0 amide bonds. The van der Waals surface area contributed by atoms with Crippen LogP contribution in [0.4, 0.5) is 0 Å². The van der Waals surface area contributed by atoms with Crippen LogP contribution in [0.25, 0.3) is 0 Å². The van der Waals surface area contributed by atoms with E-state index in [-0.39, 0.29) is 17.0 Å². The van der Waals surface area contributed by atoms with Gasteiger partial charge in [-0.25, -0.2) is 0 Å². The first-order valence-electron chi connectivity index (χ1n) is 5.35. The van der Waals surface area contributed by atoms with Gasteiger partial charge in [-0.15, -0.1) is 0 Å². The summed E-state index contributed by atoms with van der Waals surface area (Å²) in [6.45, 7) is 0. The average Bonchev–Trinajstić information content (AvgIpc) is 2.72. The molecule has 2 saturated carbocycles. The normalized spacial score (nSPS) is 27.2. The van der Waals surface area contributed by atoms with Crippen LogP contribution in [0.5, 0.6) is 0 Å². The summed E-state index contributed by atoms with van der Waals surface area (Å²) in [5.74, 6) is -0.0811. The first-order valence-corrected chi connectivity index (χ1v) is 5.35. The first-order chi connectivity index (χ1) is 7.23. The fourth-order valence-electron chi connectivity index (χ4n) is 2.53. The molecule has 0 saturated heterocycles. The summed E-state index contributed by atoms with van der Waals surface area (Å²) < 4.78 is 5.04. The Morgan fingerprint density at radius 3 is 2.73 bits per heavy atom. The second-order valence-corrected chi connectivity index (χ2v) is 4.58. The lowest BCUT2D eigenvalue weighted by molar-refractivity contribution is -0.123. The summed E-state index contributed by atoms with van der Waals surface area (Å²) in [7, 11) is 0. The Balaban J connectivity index is 1.84. The molecule has 0 radical (unpaired) electrons. The number of rotatable bonds is 2. The molecule has 1 aromatic heterocycles.